The van der Waals surface area contributed by atoms with Crippen LogP contribution >= 0.6 is 0 Å². The van der Waals surface area contributed by atoms with Crippen molar-refractivity contribution in [2.24, 2.45) is 0 Å². The van der Waals surface area contributed by atoms with Gasteiger partial charge in [-0.05, 0) is 18.1 Å². The molecule has 2 aromatic heterocycles. The Labute approximate surface area is 157 Å². The molecule has 0 atom stereocenters. The van der Waals surface area contributed by atoms with E-state index in [9.17, 15) is 5.11 Å². The summed E-state index contributed by atoms with van der Waals surface area (Å²) in [4.78, 5) is 9.12. The highest BCUT2D eigenvalue weighted by atomic mass is 16.5. The lowest BCUT2D eigenvalue weighted by atomic mass is 9.85. The molecule has 0 bridgehead atoms. The number of methoxy groups -OCH3 is 1. The molecule has 0 saturated heterocycles. The van der Waals surface area contributed by atoms with Gasteiger partial charge in [0.15, 0.2) is 11.4 Å². The maximum atomic E-state index is 12.0. The van der Waals surface area contributed by atoms with E-state index >= 15 is 0 Å². The topological polar surface area (TPSA) is 60.2 Å². The van der Waals surface area contributed by atoms with Crippen molar-refractivity contribution in [3.05, 3.63) is 89.9 Å². The molecular weight excluding hydrogens is 338 g/mol. The molecule has 1 N–H and O–H groups in total. The summed E-state index contributed by atoms with van der Waals surface area (Å²) in [5, 5.41) is 12.0. The number of fused-ring (bicyclic) bond motifs is 1. The van der Waals surface area contributed by atoms with Gasteiger partial charge < -0.3 is 14.4 Å². The first-order valence-corrected chi connectivity index (χ1v) is 8.92. The van der Waals surface area contributed by atoms with Gasteiger partial charge in [-0.25, -0.2) is 9.97 Å². The Morgan fingerprint density at radius 1 is 1.00 bits per heavy atom. The third kappa shape index (κ3) is 2.76. The van der Waals surface area contributed by atoms with Gasteiger partial charge in [-0.2, -0.15) is 0 Å². The number of hydrogen-bond donors (Lipinski definition) is 1. The average molecular weight is 359 g/mol. The number of aryl methyl sites for hydroxylation is 1. The number of imidazole rings is 1. The number of benzene rings is 2. The van der Waals surface area contributed by atoms with Crippen molar-refractivity contribution >= 4 is 11.0 Å². The second-order valence-electron chi connectivity index (χ2n) is 6.34. The lowest BCUT2D eigenvalue weighted by molar-refractivity contribution is 0.112. The number of nitrogens with zero attached hydrogens (tertiary/aromatic N) is 3. The van der Waals surface area contributed by atoms with E-state index in [1.54, 1.807) is 19.4 Å². The van der Waals surface area contributed by atoms with Crippen molar-refractivity contribution in [1.82, 2.24) is 14.5 Å². The summed E-state index contributed by atoms with van der Waals surface area (Å²) in [7, 11) is 1.58. The molecule has 0 amide bonds. The normalized spacial score (nSPS) is 11.7. The molecule has 0 saturated carbocycles. The molecule has 2 aromatic carbocycles. The number of hydrogen-bond acceptors (Lipinski definition) is 4. The average Bonchev–Trinajstić information content (AvgIpc) is 3.12. The van der Waals surface area contributed by atoms with Crippen LogP contribution in [0.25, 0.3) is 11.0 Å². The monoisotopic (exact) mass is 359 g/mol. The van der Waals surface area contributed by atoms with E-state index in [2.05, 4.69) is 4.98 Å². The Hall–Kier alpha value is -3.18. The second kappa shape index (κ2) is 6.85. The van der Waals surface area contributed by atoms with E-state index in [-0.39, 0.29) is 0 Å². The summed E-state index contributed by atoms with van der Waals surface area (Å²) in [6.07, 6.45) is 1.74. The first kappa shape index (κ1) is 17.2. The minimum Gasteiger partial charge on any atom is -0.481 e. The SMILES string of the molecule is CCn1c(C(O)(c2ccccc2)c2ccccc2)nc2cc(OC)ncc21. The molecule has 0 aliphatic heterocycles. The van der Waals surface area contributed by atoms with Gasteiger partial charge in [-0.15, -0.1) is 0 Å². The maximum Gasteiger partial charge on any atom is 0.215 e. The van der Waals surface area contributed by atoms with Gasteiger partial charge in [0.2, 0.25) is 5.88 Å². The molecule has 5 heteroatoms. The van der Waals surface area contributed by atoms with E-state index in [4.69, 9.17) is 9.72 Å². The highest BCUT2D eigenvalue weighted by Crippen LogP contribution is 2.37. The zero-order chi connectivity index (χ0) is 18.9. The van der Waals surface area contributed by atoms with Crippen LogP contribution in [0.15, 0.2) is 72.9 Å². The van der Waals surface area contributed by atoms with Crippen LogP contribution < -0.4 is 4.74 Å². The zero-order valence-corrected chi connectivity index (χ0v) is 15.3. The van der Waals surface area contributed by atoms with E-state index in [0.29, 0.717) is 18.2 Å². The van der Waals surface area contributed by atoms with Crippen LogP contribution in [0.1, 0.15) is 23.9 Å². The molecule has 0 spiro atoms. The van der Waals surface area contributed by atoms with Crippen LogP contribution in [0.3, 0.4) is 0 Å². The van der Waals surface area contributed by atoms with E-state index in [0.717, 1.165) is 22.2 Å². The molecule has 2 heterocycles. The number of aliphatic hydroxyl groups is 1. The smallest absolute Gasteiger partial charge is 0.215 e. The minimum atomic E-state index is -1.38. The second-order valence-corrected chi connectivity index (χ2v) is 6.34. The number of aromatic nitrogens is 3. The van der Waals surface area contributed by atoms with Gasteiger partial charge in [-0.3, -0.25) is 0 Å². The summed E-state index contributed by atoms with van der Waals surface area (Å²) in [5.74, 6) is 1.06. The third-order valence-electron chi connectivity index (χ3n) is 4.84. The van der Waals surface area contributed by atoms with Gasteiger partial charge >= 0.3 is 0 Å². The van der Waals surface area contributed by atoms with Crippen molar-refractivity contribution in [1.29, 1.82) is 0 Å². The van der Waals surface area contributed by atoms with Crippen LogP contribution in [0.2, 0.25) is 0 Å². The van der Waals surface area contributed by atoms with Gasteiger partial charge in [0.25, 0.3) is 0 Å². The highest BCUT2D eigenvalue weighted by molar-refractivity contribution is 5.77. The summed E-state index contributed by atoms with van der Waals surface area (Å²) in [6, 6.07) is 21.0. The Balaban J connectivity index is 2.04. The molecule has 0 radical (unpaired) electrons. The maximum absolute atomic E-state index is 12.0. The first-order chi connectivity index (χ1) is 13.2. The Kier molecular flexibility index (Phi) is 4.38. The quantitative estimate of drug-likeness (QED) is 0.590. The third-order valence-corrected chi connectivity index (χ3v) is 4.84. The fraction of sp³-hybridized carbons (Fsp3) is 0.182. The molecule has 136 valence electrons. The summed E-state index contributed by atoms with van der Waals surface area (Å²) >= 11 is 0. The van der Waals surface area contributed by atoms with Crippen LogP contribution in [0, 0.1) is 0 Å². The fourth-order valence-corrected chi connectivity index (χ4v) is 3.50. The Morgan fingerprint density at radius 2 is 1.59 bits per heavy atom. The molecule has 4 aromatic rings. The number of ether oxygens (including phenoxy) is 1. The van der Waals surface area contributed by atoms with E-state index < -0.39 is 5.60 Å². The highest BCUT2D eigenvalue weighted by Gasteiger charge is 2.38. The van der Waals surface area contributed by atoms with Crippen molar-refractivity contribution in [2.45, 2.75) is 19.1 Å². The summed E-state index contributed by atoms with van der Waals surface area (Å²) in [6.45, 7) is 2.69. The predicted octanol–water partition coefficient (Wildman–Crippen LogP) is 3.74. The van der Waals surface area contributed by atoms with Gasteiger partial charge in [-0.1, -0.05) is 60.7 Å². The predicted molar refractivity (Wildman–Crippen MR) is 105 cm³/mol. The number of pyridine rings is 1. The van der Waals surface area contributed by atoms with Crippen molar-refractivity contribution < 1.29 is 9.84 Å². The lowest BCUT2D eigenvalue weighted by Gasteiger charge is -2.29. The van der Waals surface area contributed by atoms with Crippen molar-refractivity contribution in [3.63, 3.8) is 0 Å². The van der Waals surface area contributed by atoms with Crippen LogP contribution in [0.5, 0.6) is 5.88 Å². The van der Waals surface area contributed by atoms with Gasteiger partial charge in [0, 0.05) is 12.6 Å². The Morgan fingerprint density at radius 3 is 2.11 bits per heavy atom. The summed E-state index contributed by atoms with van der Waals surface area (Å²) < 4.78 is 7.24. The molecular formula is C22H21N3O2. The summed E-state index contributed by atoms with van der Waals surface area (Å²) in [5.41, 5.74) is 1.75. The molecule has 0 aliphatic carbocycles. The van der Waals surface area contributed by atoms with Crippen LogP contribution in [0.4, 0.5) is 0 Å². The van der Waals surface area contributed by atoms with E-state index in [1.165, 1.54) is 0 Å². The van der Waals surface area contributed by atoms with Crippen LogP contribution in [-0.2, 0) is 12.1 Å². The van der Waals surface area contributed by atoms with E-state index in [1.807, 2.05) is 72.2 Å². The van der Waals surface area contributed by atoms with Crippen molar-refractivity contribution in [2.75, 3.05) is 7.11 Å². The molecule has 5 nitrogen and oxygen atoms in total. The zero-order valence-electron chi connectivity index (χ0n) is 15.3. The molecule has 0 fully saturated rings. The standard InChI is InChI=1S/C22H21N3O2/c1-3-25-19-15-23-20(27-2)14-18(19)24-21(25)22(26,16-10-6-4-7-11-16)17-12-8-5-9-13-17/h4-15,26H,3H2,1-2H3. The molecule has 0 unspecified atom stereocenters. The van der Waals surface area contributed by atoms with Crippen LogP contribution in [-0.4, -0.2) is 26.8 Å². The molecule has 4 rings (SSSR count). The lowest BCUT2D eigenvalue weighted by Crippen LogP contribution is -2.32. The molecule has 27 heavy (non-hydrogen) atoms. The fourth-order valence-electron chi connectivity index (χ4n) is 3.50. The first-order valence-electron chi connectivity index (χ1n) is 8.92. The van der Waals surface area contributed by atoms with Gasteiger partial charge in [0.1, 0.15) is 0 Å². The van der Waals surface area contributed by atoms with Crippen molar-refractivity contribution in [3.8, 4) is 5.88 Å². The Bertz CT molecular complexity index is 1020. The molecule has 0 aliphatic rings. The number of rotatable bonds is 5. The minimum absolute atomic E-state index is 0.498. The largest absolute Gasteiger partial charge is 0.481 e. The van der Waals surface area contributed by atoms with Gasteiger partial charge in [0.05, 0.1) is 24.3 Å².